The lowest BCUT2D eigenvalue weighted by molar-refractivity contribution is 0.339. The molecule has 3 aromatic rings. The van der Waals surface area contributed by atoms with Crippen LogP contribution in [0.2, 0.25) is 0 Å². The van der Waals surface area contributed by atoms with E-state index < -0.39 is 0 Å². The molecule has 6 nitrogen and oxygen atoms in total. The molecule has 2 N–H and O–H groups in total. The highest BCUT2D eigenvalue weighted by Gasteiger charge is 2.17. The minimum atomic E-state index is 0.620. The molecule has 0 aliphatic carbocycles. The summed E-state index contributed by atoms with van der Waals surface area (Å²) in [4.78, 5) is 5.73. The van der Waals surface area contributed by atoms with E-state index in [1.165, 1.54) is 4.88 Å². The highest BCUT2D eigenvalue weighted by Crippen LogP contribution is 2.27. The summed E-state index contributed by atoms with van der Waals surface area (Å²) in [6, 6.07) is 8.01. The van der Waals surface area contributed by atoms with Gasteiger partial charge in [0.25, 0.3) is 0 Å². The van der Waals surface area contributed by atoms with Gasteiger partial charge in [-0.05, 0) is 51.1 Å². The molecular formula is C17H21N5OS. The molecule has 0 spiro atoms. The van der Waals surface area contributed by atoms with Crippen molar-refractivity contribution in [2.75, 3.05) is 13.2 Å². The molecule has 0 atom stereocenters. The second-order valence-corrected chi connectivity index (χ2v) is 6.63. The maximum Gasteiger partial charge on any atom is 0.187 e. The number of aryl methyl sites for hydroxylation is 2. The third-order valence-electron chi connectivity index (χ3n) is 3.56. The van der Waals surface area contributed by atoms with Crippen molar-refractivity contribution in [3.63, 3.8) is 0 Å². The van der Waals surface area contributed by atoms with Crippen LogP contribution in [0, 0.1) is 6.92 Å². The predicted octanol–water partition coefficient (Wildman–Crippen LogP) is 2.99. The SMILES string of the molecule is CCOc1ccc(-c2nnc(CCCN)n2-c2ccc(C)s2)nc1. The van der Waals surface area contributed by atoms with Gasteiger partial charge < -0.3 is 10.5 Å². The minimum absolute atomic E-state index is 0.620. The maximum absolute atomic E-state index is 5.65. The Bertz CT molecular complexity index is 794. The number of nitrogens with two attached hydrogens (primary N) is 1. The Morgan fingerprint density at radius 2 is 2.08 bits per heavy atom. The van der Waals surface area contributed by atoms with Crippen LogP contribution in [-0.4, -0.2) is 32.9 Å². The van der Waals surface area contributed by atoms with Crippen LogP contribution in [-0.2, 0) is 6.42 Å². The van der Waals surface area contributed by atoms with Gasteiger partial charge in [-0.15, -0.1) is 21.5 Å². The molecule has 0 radical (unpaired) electrons. The quantitative estimate of drug-likeness (QED) is 0.713. The lowest BCUT2D eigenvalue weighted by Gasteiger charge is -2.08. The monoisotopic (exact) mass is 343 g/mol. The molecule has 0 fully saturated rings. The average Bonchev–Trinajstić information content (AvgIpc) is 3.20. The summed E-state index contributed by atoms with van der Waals surface area (Å²) in [5.74, 6) is 2.41. The summed E-state index contributed by atoms with van der Waals surface area (Å²) in [5.41, 5.74) is 6.43. The smallest absolute Gasteiger partial charge is 0.187 e. The zero-order valence-electron chi connectivity index (χ0n) is 13.9. The molecule has 0 bridgehead atoms. The van der Waals surface area contributed by atoms with Gasteiger partial charge in [-0.25, -0.2) is 4.98 Å². The third-order valence-corrected chi connectivity index (χ3v) is 4.54. The first-order chi connectivity index (χ1) is 11.7. The number of hydrogen-bond acceptors (Lipinski definition) is 6. The van der Waals surface area contributed by atoms with Crippen molar-refractivity contribution in [2.45, 2.75) is 26.7 Å². The van der Waals surface area contributed by atoms with Crippen LogP contribution in [0.4, 0.5) is 0 Å². The molecule has 0 aliphatic rings. The van der Waals surface area contributed by atoms with Crippen molar-refractivity contribution in [2.24, 2.45) is 5.73 Å². The molecule has 0 amide bonds. The summed E-state index contributed by atoms with van der Waals surface area (Å²) < 4.78 is 7.54. The van der Waals surface area contributed by atoms with Crippen molar-refractivity contribution < 1.29 is 4.74 Å². The van der Waals surface area contributed by atoms with Crippen LogP contribution in [0.1, 0.15) is 24.0 Å². The first kappa shape index (κ1) is 16.6. The van der Waals surface area contributed by atoms with E-state index in [0.717, 1.165) is 40.9 Å². The van der Waals surface area contributed by atoms with Gasteiger partial charge in [0.1, 0.15) is 22.3 Å². The topological polar surface area (TPSA) is 78.9 Å². The molecular weight excluding hydrogens is 322 g/mol. The van der Waals surface area contributed by atoms with Crippen molar-refractivity contribution in [3.8, 4) is 22.3 Å². The molecule has 0 saturated carbocycles. The maximum atomic E-state index is 5.65. The van der Waals surface area contributed by atoms with Crippen molar-refractivity contribution in [1.82, 2.24) is 19.7 Å². The second kappa shape index (κ2) is 7.55. The van der Waals surface area contributed by atoms with E-state index in [0.29, 0.717) is 13.2 Å². The summed E-state index contributed by atoms with van der Waals surface area (Å²) >= 11 is 1.71. The van der Waals surface area contributed by atoms with Crippen LogP contribution < -0.4 is 10.5 Å². The van der Waals surface area contributed by atoms with Gasteiger partial charge in [0, 0.05) is 11.3 Å². The Balaban J connectivity index is 2.02. The number of ether oxygens (including phenoxy) is 1. The minimum Gasteiger partial charge on any atom is -0.492 e. The molecule has 7 heteroatoms. The Morgan fingerprint density at radius 1 is 1.21 bits per heavy atom. The summed E-state index contributed by atoms with van der Waals surface area (Å²) in [5, 5.41) is 9.84. The molecule has 24 heavy (non-hydrogen) atoms. The van der Waals surface area contributed by atoms with Gasteiger partial charge in [0.15, 0.2) is 5.82 Å². The van der Waals surface area contributed by atoms with E-state index >= 15 is 0 Å². The van der Waals surface area contributed by atoms with Crippen LogP contribution >= 0.6 is 11.3 Å². The lowest BCUT2D eigenvalue weighted by atomic mass is 10.3. The number of thiophene rings is 1. The highest BCUT2D eigenvalue weighted by atomic mass is 32.1. The fourth-order valence-corrected chi connectivity index (χ4v) is 3.33. The van der Waals surface area contributed by atoms with Crippen LogP contribution in [0.3, 0.4) is 0 Å². The molecule has 0 aromatic carbocycles. The Morgan fingerprint density at radius 3 is 2.71 bits per heavy atom. The molecule has 3 heterocycles. The van der Waals surface area contributed by atoms with Gasteiger partial charge >= 0.3 is 0 Å². The van der Waals surface area contributed by atoms with Gasteiger partial charge in [0.2, 0.25) is 0 Å². The van der Waals surface area contributed by atoms with Gasteiger partial charge in [-0.3, -0.25) is 4.57 Å². The third kappa shape index (κ3) is 3.47. The van der Waals surface area contributed by atoms with Crippen LogP contribution in [0.15, 0.2) is 30.5 Å². The first-order valence-corrected chi connectivity index (χ1v) is 8.85. The normalized spacial score (nSPS) is 11.0. The lowest BCUT2D eigenvalue weighted by Crippen LogP contribution is -2.06. The Labute approximate surface area is 145 Å². The zero-order chi connectivity index (χ0) is 16.9. The van der Waals surface area contributed by atoms with Crippen molar-refractivity contribution in [1.29, 1.82) is 0 Å². The predicted molar refractivity (Wildman–Crippen MR) is 95.7 cm³/mol. The number of nitrogens with zero attached hydrogens (tertiary/aromatic N) is 4. The highest BCUT2D eigenvalue weighted by molar-refractivity contribution is 7.14. The summed E-state index contributed by atoms with van der Waals surface area (Å²) in [6.07, 6.45) is 3.38. The second-order valence-electron chi connectivity index (χ2n) is 5.36. The fourth-order valence-electron chi connectivity index (χ4n) is 2.44. The van der Waals surface area contributed by atoms with E-state index in [2.05, 4.69) is 38.8 Å². The number of rotatable bonds is 7. The van der Waals surface area contributed by atoms with Crippen molar-refractivity contribution >= 4 is 11.3 Å². The summed E-state index contributed by atoms with van der Waals surface area (Å²) in [7, 11) is 0. The van der Waals surface area contributed by atoms with Crippen molar-refractivity contribution in [3.05, 3.63) is 41.2 Å². The number of pyridine rings is 1. The molecule has 0 saturated heterocycles. The van der Waals surface area contributed by atoms with Gasteiger partial charge in [-0.2, -0.15) is 0 Å². The zero-order valence-corrected chi connectivity index (χ0v) is 14.7. The van der Waals surface area contributed by atoms with Gasteiger partial charge in [-0.1, -0.05) is 0 Å². The summed E-state index contributed by atoms with van der Waals surface area (Å²) in [6.45, 7) is 5.29. The molecule has 3 rings (SSSR count). The number of aromatic nitrogens is 4. The Hall–Kier alpha value is -2.25. The van der Waals surface area contributed by atoms with E-state index in [1.54, 1.807) is 17.5 Å². The largest absolute Gasteiger partial charge is 0.492 e. The first-order valence-electron chi connectivity index (χ1n) is 8.03. The average molecular weight is 343 g/mol. The molecule has 126 valence electrons. The van der Waals surface area contributed by atoms with E-state index in [1.807, 2.05) is 19.1 Å². The molecule has 0 unspecified atom stereocenters. The van der Waals surface area contributed by atoms with E-state index in [4.69, 9.17) is 10.5 Å². The van der Waals surface area contributed by atoms with Crippen LogP contribution in [0.25, 0.3) is 16.5 Å². The number of hydrogen-bond donors (Lipinski definition) is 1. The standard InChI is InChI=1S/C17H21N5OS/c1-3-23-13-7-8-14(19-11-13)17-21-20-15(5-4-10-18)22(17)16-9-6-12(2)24-16/h6-9,11H,3-5,10,18H2,1-2H3. The van der Waals surface area contributed by atoms with E-state index in [9.17, 15) is 0 Å². The van der Waals surface area contributed by atoms with Gasteiger partial charge in [0.05, 0.1) is 12.8 Å². The molecule has 3 aromatic heterocycles. The molecule has 0 aliphatic heterocycles. The van der Waals surface area contributed by atoms with Crippen LogP contribution in [0.5, 0.6) is 5.75 Å². The van der Waals surface area contributed by atoms with E-state index in [-0.39, 0.29) is 0 Å². The Kier molecular flexibility index (Phi) is 5.22. The fraction of sp³-hybridized carbons (Fsp3) is 0.353.